The molecular weight excluding hydrogens is 320 g/mol. The highest BCUT2D eigenvalue weighted by atomic mass is 79.9. The Hall–Kier alpha value is -0.920. The fraction of sp³-hybridized carbons (Fsp3) is 0.364. The first-order valence-electron chi connectivity index (χ1n) is 5.62. The Kier molecular flexibility index (Phi) is 2.72. The van der Waals surface area contributed by atoms with Gasteiger partial charge in [-0.2, -0.15) is 4.31 Å². The second-order valence-corrected chi connectivity index (χ2v) is 7.18. The molecule has 1 amide bonds. The smallest absolute Gasteiger partial charge is 0.245 e. The Morgan fingerprint density at radius 2 is 2.17 bits per heavy atom. The van der Waals surface area contributed by atoms with Gasteiger partial charge in [-0.3, -0.25) is 4.79 Å². The number of carbonyl (C=O) groups is 1. The number of amides is 1. The summed E-state index contributed by atoms with van der Waals surface area (Å²) in [5, 5.41) is 2.70. The highest BCUT2D eigenvalue weighted by molar-refractivity contribution is 9.10. The maximum atomic E-state index is 12.5. The SMILES string of the molecule is O=C1Nc2cc(Br)ccc2S(=O)(=O)N2CCCC12. The van der Waals surface area contributed by atoms with Gasteiger partial charge in [0.1, 0.15) is 10.9 Å². The van der Waals surface area contributed by atoms with E-state index in [1.807, 2.05) is 0 Å². The summed E-state index contributed by atoms with van der Waals surface area (Å²) in [6.07, 6.45) is 1.31. The van der Waals surface area contributed by atoms with E-state index in [1.54, 1.807) is 12.1 Å². The van der Waals surface area contributed by atoms with Gasteiger partial charge in [0.2, 0.25) is 15.9 Å². The molecule has 7 heteroatoms. The van der Waals surface area contributed by atoms with Crippen molar-refractivity contribution in [3.63, 3.8) is 0 Å². The van der Waals surface area contributed by atoms with Crippen LogP contribution >= 0.6 is 15.9 Å². The molecule has 0 aromatic heterocycles. The summed E-state index contributed by atoms with van der Waals surface area (Å²) in [5.74, 6) is -0.243. The summed E-state index contributed by atoms with van der Waals surface area (Å²) in [6, 6.07) is 4.24. The maximum Gasteiger partial charge on any atom is 0.245 e. The molecule has 0 bridgehead atoms. The minimum atomic E-state index is -3.58. The molecule has 1 unspecified atom stereocenters. The Labute approximate surface area is 113 Å². The Bertz CT molecular complexity index is 629. The number of rotatable bonds is 0. The van der Waals surface area contributed by atoms with E-state index >= 15 is 0 Å². The van der Waals surface area contributed by atoms with Crippen LogP contribution in [0, 0.1) is 0 Å². The maximum absolute atomic E-state index is 12.5. The largest absolute Gasteiger partial charge is 0.323 e. The topological polar surface area (TPSA) is 66.5 Å². The number of nitrogens with one attached hydrogen (secondary N) is 1. The zero-order valence-corrected chi connectivity index (χ0v) is 11.8. The number of hydrogen-bond acceptors (Lipinski definition) is 3. The van der Waals surface area contributed by atoms with Crippen molar-refractivity contribution in [3.8, 4) is 0 Å². The average Bonchev–Trinajstić information content (AvgIpc) is 2.75. The zero-order valence-electron chi connectivity index (χ0n) is 9.39. The minimum absolute atomic E-state index is 0.170. The van der Waals surface area contributed by atoms with Gasteiger partial charge < -0.3 is 5.32 Å². The molecule has 1 N–H and O–H groups in total. The van der Waals surface area contributed by atoms with Crippen LogP contribution in [0.4, 0.5) is 5.69 Å². The number of halogens is 1. The van der Waals surface area contributed by atoms with Crippen LogP contribution in [-0.2, 0) is 14.8 Å². The molecule has 2 aliphatic heterocycles. The zero-order chi connectivity index (χ0) is 12.9. The Morgan fingerprint density at radius 3 is 2.94 bits per heavy atom. The summed E-state index contributed by atoms with van der Waals surface area (Å²) in [4.78, 5) is 12.2. The van der Waals surface area contributed by atoms with E-state index in [-0.39, 0.29) is 10.8 Å². The van der Waals surface area contributed by atoms with Crippen LogP contribution in [0.2, 0.25) is 0 Å². The second-order valence-electron chi connectivity index (χ2n) is 4.40. The van der Waals surface area contributed by atoms with Crippen molar-refractivity contribution in [2.75, 3.05) is 11.9 Å². The molecular formula is C11H11BrN2O3S. The van der Waals surface area contributed by atoms with Crippen molar-refractivity contribution in [2.45, 2.75) is 23.8 Å². The molecule has 1 aromatic carbocycles. The fourth-order valence-electron chi connectivity index (χ4n) is 2.46. The quantitative estimate of drug-likeness (QED) is 0.784. The predicted octanol–water partition coefficient (Wildman–Crippen LogP) is 1.55. The molecule has 18 heavy (non-hydrogen) atoms. The van der Waals surface area contributed by atoms with E-state index in [4.69, 9.17) is 0 Å². The van der Waals surface area contributed by atoms with Crippen LogP contribution in [0.5, 0.6) is 0 Å². The van der Waals surface area contributed by atoms with Crippen molar-refractivity contribution >= 4 is 37.5 Å². The van der Waals surface area contributed by atoms with Crippen molar-refractivity contribution in [3.05, 3.63) is 22.7 Å². The van der Waals surface area contributed by atoms with Crippen molar-refractivity contribution in [2.24, 2.45) is 0 Å². The number of nitrogens with zero attached hydrogens (tertiary/aromatic N) is 1. The lowest BCUT2D eigenvalue weighted by molar-refractivity contribution is -0.119. The van der Waals surface area contributed by atoms with E-state index < -0.39 is 16.1 Å². The molecule has 2 heterocycles. The van der Waals surface area contributed by atoms with Crippen LogP contribution < -0.4 is 5.32 Å². The molecule has 96 valence electrons. The van der Waals surface area contributed by atoms with E-state index in [0.717, 1.165) is 10.9 Å². The van der Waals surface area contributed by atoms with Crippen LogP contribution in [0.15, 0.2) is 27.6 Å². The lowest BCUT2D eigenvalue weighted by Crippen LogP contribution is -2.40. The van der Waals surface area contributed by atoms with Crippen LogP contribution in [-0.4, -0.2) is 31.2 Å². The molecule has 1 fully saturated rings. The molecule has 0 radical (unpaired) electrons. The molecule has 1 saturated heterocycles. The number of anilines is 1. The molecule has 0 saturated carbocycles. The van der Waals surface area contributed by atoms with Crippen molar-refractivity contribution in [1.82, 2.24) is 4.31 Å². The molecule has 2 aliphatic rings. The van der Waals surface area contributed by atoms with E-state index in [2.05, 4.69) is 21.2 Å². The predicted molar refractivity (Wildman–Crippen MR) is 69.7 cm³/mol. The highest BCUT2D eigenvalue weighted by Crippen LogP contribution is 2.35. The summed E-state index contributed by atoms with van der Waals surface area (Å²) in [7, 11) is -3.58. The minimum Gasteiger partial charge on any atom is -0.323 e. The van der Waals surface area contributed by atoms with Gasteiger partial charge in [0.25, 0.3) is 0 Å². The fourth-order valence-corrected chi connectivity index (χ4v) is 4.60. The van der Waals surface area contributed by atoms with Crippen LogP contribution in [0.3, 0.4) is 0 Å². The second kappa shape index (κ2) is 4.04. The van der Waals surface area contributed by atoms with Gasteiger partial charge in [0, 0.05) is 11.0 Å². The van der Waals surface area contributed by atoms with E-state index in [9.17, 15) is 13.2 Å². The van der Waals surface area contributed by atoms with Gasteiger partial charge in [-0.15, -0.1) is 0 Å². The van der Waals surface area contributed by atoms with Gasteiger partial charge in [-0.05, 0) is 31.0 Å². The number of benzene rings is 1. The van der Waals surface area contributed by atoms with E-state index in [1.165, 1.54) is 10.4 Å². The third-order valence-electron chi connectivity index (χ3n) is 3.29. The number of sulfonamides is 1. The van der Waals surface area contributed by atoms with Gasteiger partial charge in [0.05, 0.1) is 5.69 Å². The molecule has 0 spiro atoms. The van der Waals surface area contributed by atoms with Crippen molar-refractivity contribution < 1.29 is 13.2 Å². The average molecular weight is 331 g/mol. The van der Waals surface area contributed by atoms with Gasteiger partial charge in [0.15, 0.2) is 0 Å². The van der Waals surface area contributed by atoms with Crippen molar-refractivity contribution in [1.29, 1.82) is 0 Å². The monoisotopic (exact) mass is 330 g/mol. The van der Waals surface area contributed by atoms with Gasteiger partial charge >= 0.3 is 0 Å². The lowest BCUT2D eigenvalue weighted by atomic mass is 10.2. The third kappa shape index (κ3) is 1.69. The van der Waals surface area contributed by atoms with E-state index in [0.29, 0.717) is 18.7 Å². The number of fused-ring (bicyclic) bond motifs is 2. The standard InChI is InChI=1S/C11H11BrN2O3S/c12-7-3-4-10-8(6-7)13-11(15)9-2-1-5-14(9)18(10,16)17/h3-4,6,9H,1-2,5H2,(H,13,15). The summed E-state index contributed by atoms with van der Waals surface area (Å²) < 4.78 is 27.0. The van der Waals surface area contributed by atoms with Crippen LogP contribution in [0.25, 0.3) is 0 Å². The molecule has 3 rings (SSSR count). The first-order valence-corrected chi connectivity index (χ1v) is 7.86. The van der Waals surface area contributed by atoms with Gasteiger partial charge in [-0.25, -0.2) is 8.42 Å². The first-order chi connectivity index (χ1) is 8.50. The summed E-state index contributed by atoms with van der Waals surface area (Å²) in [6.45, 7) is 0.413. The Balaban J connectivity index is 2.23. The normalized spacial score (nSPS) is 26.1. The van der Waals surface area contributed by atoms with Gasteiger partial charge in [-0.1, -0.05) is 15.9 Å². The first kappa shape index (κ1) is 12.1. The highest BCUT2D eigenvalue weighted by Gasteiger charge is 2.43. The Morgan fingerprint density at radius 1 is 1.39 bits per heavy atom. The summed E-state index contributed by atoms with van der Waals surface area (Å²) in [5.41, 5.74) is 0.351. The lowest BCUT2D eigenvalue weighted by Gasteiger charge is -2.19. The molecule has 1 atom stereocenters. The molecule has 5 nitrogen and oxygen atoms in total. The molecule has 1 aromatic rings. The summed E-state index contributed by atoms with van der Waals surface area (Å²) >= 11 is 3.27. The third-order valence-corrected chi connectivity index (χ3v) is 5.75. The van der Waals surface area contributed by atoms with Crippen LogP contribution in [0.1, 0.15) is 12.8 Å². The number of carbonyl (C=O) groups excluding carboxylic acids is 1. The number of hydrogen-bond donors (Lipinski definition) is 1. The molecule has 0 aliphatic carbocycles.